The Kier molecular flexibility index (Phi) is 11.5. The molecular formula is C13H29IN4O2. The summed E-state index contributed by atoms with van der Waals surface area (Å²) in [6, 6.07) is 0.911. The van der Waals surface area contributed by atoms with Crippen molar-refractivity contribution in [1.29, 1.82) is 0 Å². The van der Waals surface area contributed by atoms with Gasteiger partial charge in [-0.2, -0.15) is 0 Å². The Morgan fingerprint density at radius 2 is 2.05 bits per heavy atom. The van der Waals surface area contributed by atoms with Gasteiger partial charge >= 0.3 is 0 Å². The zero-order chi connectivity index (χ0) is 14.1. The first-order valence-corrected chi connectivity index (χ1v) is 6.95. The fourth-order valence-electron chi connectivity index (χ4n) is 2.01. The molecule has 0 aromatic heterocycles. The van der Waals surface area contributed by atoms with Crippen molar-refractivity contribution in [2.45, 2.75) is 31.8 Å². The highest BCUT2D eigenvalue weighted by Crippen LogP contribution is 2.26. The minimum atomic E-state index is 0. The quantitative estimate of drug-likeness (QED) is 0.320. The van der Waals surface area contributed by atoms with Crippen LogP contribution in [0.25, 0.3) is 0 Å². The molecule has 0 aromatic rings. The smallest absolute Gasteiger partial charge is 0.188 e. The number of hydrogen-bond acceptors (Lipinski definition) is 4. The second-order valence-corrected chi connectivity index (χ2v) is 5.03. The second kappa shape index (κ2) is 11.5. The van der Waals surface area contributed by atoms with Gasteiger partial charge in [-0.15, -0.1) is 24.0 Å². The molecule has 0 spiro atoms. The van der Waals surface area contributed by atoms with Gasteiger partial charge in [-0.05, 0) is 19.8 Å². The molecule has 1 unspecified atom stereocenters. The van der Waals surface area contributed by atoms with Crippen LogP contribution in [-0.4, -0.2) is 70.0 Å². The van der Waals surface area contributed by atoms with Crippen molar-refractivity contribution in [3.63, 3.8) is 0 Å². The number of nitrogens with zero attached hydrogens (tertiary/aromatic N) is 2. The van der Waals surface area contributed by atoms with E-state index in [1.54, 1.807) is 14.2 Å². The van der Waals surface area contributed by atoms with Crippen LogP contribution >= 0.6 is 24.0 Å². The number of aliphatic imine (C=N–C) groups is 1. The van der Waals surface area contributed by atoms with Crippen LogP contribution in [0.15, 0.2) is 4.99 Å². The monoisotopic (exact) mass is 400 g/mol. The van der Waals surface area contributed by atoms with Crippen molar-refractivity contribution in [3.8, 4) is 0 Å². The number of nitrogens with two attached hydrogens (primary N) is 1. The molecule has 0 heterocycles. The van der Waals surface area contributed by atoms with Gasteiger partial charge in [-0.1, -0.05) is 0 Å². The average Bonchev–Trinajstić information content (AvgIpc) is 3.17. The second-order valence-electron chi connectivity index (χ2n) is 5.03. The minimum Gasteiger partial charge on any atom is -0.383 e. The number of hydrogen-bond donors (Lipinski definition) is 2. The Bertz CT molecular complexity index is 275. The zero-order valence-corrected chi connectivity index (χ0v) is 15.1. The normalized spacial score (nSPS) is 16.9. The first kappa shape index (κ1) is 19.9. The van der Waals surface area contributed by atoms with Crippen molar-refractivity contribution in [2.75, 3.05) is 47.1 Å². The highest BCUT2D eigenvalue weighted by Gasteiger charge is 2.27. The summed E-state index contributed by atoms with van der Waals surface area (Å²) in [7, 11) is 3.41. The predicted molar refractivity (Wildman–Crippen MR) is 92.8 cm³/mol. The lowest BCUT2D eigenvalue weighted by molar-refractivity contribution is 0.145. The first-order valence-electron chi connectivity index (χ1n) is 6.95. The highest BCUT2D eigenvalue weighted by molar-refractivity contribution is 14.0. The molecule has 0 aliphatic heterocycles. The summed E-state index contributed by atoms with van der Waals surface area (Å²) >= 11 is 0. The van der Waals surface area contributed by atoms with Gasteiger partial charge < -0.3 is 20.5 Å². The Morgan fingerprint density at radius 3 is 2.60 bits per heavy atom. The lowest BCUT2D eigenvalue weighted by Gasteiger charge is -2.20. The summed E-state index contributed by atoms with van der Waals surface area (Å²) < 4.78 is 10.2. The molecule has 1 aliphatic rings. The SMILES string of the molecule is COCCN(CCN=C(N)NC(C)COC)C1CC1.I. The molecule has 20 heavy (non-hydrogen) atoms. The van der Waals surface area contributed by atoms with E-state index in [1.165, 1.54) is 12.8 Å². The summed E-state index contributed by atoms with van der Waals surface area (Å²) in [6.07, 6.45) is 2.60. The molecule has 1 saturated carbocycles. The highest BCUT2D eigenvalue weighted by atomic mass is 127. The molecule has 0 aromatic carbocycles. The topological polar surface area (TPSA) is 72.1 Å². The van der Waals surface area contributed by atoms with Gasteiger partial charge in [0, 0.05) is 39.4 Å². The number of rotatable bonds is 10. The van der Waals surface area contributed by atoms with Crippen LogP contribution in [0.2, 0.25) is 0 Å². The molecule has 0 amide bonds. The predicted octanol–water partition coefficient (Wildman–Crippen LogP) is 0.654. The molecule has 1 rings (SSSR count). The Hall–Kier alpha value is -0.120. The fraction of sp³-hybridized carbons (Fsp3) is 0.923. The zero-order valence-electron chi connectivity index (χ0n) is 12.8. The van der Waals surface area contributed by atoms with E-state index in [1.807, 2.05) is 6.92 Å². The Balaban J connectivity index is 0.00000361. The molecule has 7 heteroatoms. The summed E-state index contributed by atoms with van der Waals surface area (Å²) in [5.41, 5.74) is 5.82. The van der Waals surface area contributed by atoms with Gasteiger partial charge in [0.2, 0.25) is 0 Å². The lowest BCUT2D eigenvalue weighted by Crippen LogP contribution is -2.41. The van der Waals surface area contributed by atoms with E-state index in [0.29, 0.717) is 12.6 Å². The van der Waals surface area contributed by atoms with Gasteiger partial charge in [0.05, 0.1) is 19.8 Å². The van der Waals surface area contributed by atoms with Crippen LogP contribution in [-0.2, 0) is 9.47 Å². The molecule has 6 nitrogen and oxygen atoms in total. The van der Waals surface area contributed by atoms with E-state index in [2.05, 4.69) is 15.2 Å². The van der Waals surface area contributed by atoms with Crippen molar-refractivity contribution in [1.82, 2.24) is 10.2 Å². The van der Waals surface area contributed by atoms with Gasteiger partial charge in [0.1, 0.15) is 0 Å². The summed E-state index contributed by atoms with van der Waals surface area (Å²) in [6.45, 7) is 6.05. The van der Waals surface area contributed by atoms with Gasteiger partial charge in [-0.25, -0.2) is 0 Å². The molecule has 0 radical (unpaired) electrons. The first-order chi connectivity index (χ1) is 9.17. The van der Waals surface area contributed by atoms with Crippen molar-refractivity contribution in [3.05, 3.63) is 0 Å². The summed E-state index contributed by atoms with van der Waals surface area (Å²) in [5.74, 6) is 0.493. The van der Waals surface area contributed by atoms with Gasteiger partial charge in [-0.3, -0.25) is 9.89 Å². The molecule has 120 valence electrons. The van der Waals surface area contributed by atoms with Gasteiger partial charge in [0.25, 0.3) is 0 Å². The molecule has 1 fully saturated rings. The number of nitrogens with one attached hydrogen (secondary N) is 1. The van der Waals surface area contributed by atoms with Crippen LogP contribution in [0.5, 0.6) is 0 Å². The lowest BCUT2D eigenvalue weighted by atomic mass is 10.4. The average molecular weight is 400 g/mol. The molecule has 0 saturated heterocycles. The van der Waals surface area contributed by atoms with E-state index < -0.39 is 0 Å². The van der Waals surface area contributed by atoms with E-state index in [-0.39, 0.29) is 30.0 Å². The maximum absolute atomic E-state index is 5.82. The third-order valence-electron chi connectivity index (χ3n) is 3.13. The number of ether oxygens (including phenoxy) is 2. The molecule has 1 atom stereocenters. The fourth-order valence-corrected chi connectivity index (χ4v) is 2.01. The maximum Gasteiger partial charge on any atom is 0.188 e. The van der Waals surface area contributed by atoms with E-state index in [9.17, 15) is 0 Å². The van der Waals surface area contributed by atoms with Crippen LogP contribution in [0.1, 0.15) is 19.8 Å². The van der Waals surface area contributed by atoms with Crippen molar-refractivity contribution < 1.29 is 9.47 Å². The Morgan fingerprint density at radius 1 is 1.35 bits per heavy atom. The number of halogens is 1. The molecule has 1 aliphatic carbocycles. The number of methoxy groups -OCH3 is 2. The molecular weight excluding hydrogens is 371 g/mol. The third kappa shape index (κ3) is 8.93. The largest absolute Gasteiger partial charge is 0.383 e. The standard InChI is InChI=1S/C13H28N4O2.HI/c1-11(10-19-3)16-13(14)15-6-7-17(8-9-18-2)12-4-5-12;/h11-12H,4-10H2,1-3H3,(H3,14,15,16);1H. The Labute approximate surface area is 139 Å². The van der Waals surface area contributed by atoms with Crippen LogP contribution < -0.4 is 11.1 Å². The molecule has 3 N–H and O–H groups in total. The molecule has 0 bridgehead atoms. The van der Waals surface area contributed by atoms with E-state index in [4.69, 9.17) is 15.2 Å². The maximum atomic E-state index is 5.82. The van der Waals surface area contributed by atoms with Gasteiger partial charge in [0.15, 0.2) is 5.96 Å². The number of guanidine groups is 1. The summed E-state index contributed by atoms with van der Waals surface area (Å²) in [4.78, 5) is 6.78. The van der Waals surface area contributed by atoms with Crippen LogP contribution in [0.4, 0.5) is 0 Å². The van der Waals surface area contributed by atoms with Crippen molar-refractivity contribution >= 4 is 29.9 Å². The van der Waals surface area contributed by atoms with E-state index >= 15 is 0 Å². The minimum absolute atomic E-state index is 0. The van der Waals surface area contributed by atoms with Crippen LogP contribution in [0, 0.1) is 0 Å². The summed E-state index contributed by atoms with van der Waals surface area (Å²) in [5, 5.41) is 3.10. The van der Waals surface area contributed by atoms with E-state index in [0.717, 1.165) is 32.3 Å². The van der Waals surface area contributed by atoms with Crippen molar-refractivity contribution in [2.24, 2.45) is 10.7 Å². The van der Waals surface area contributed by atoms with Crippen LogP contribution in [0.3, 0.4) is 0 Å². The third-order valence-corrected chi connectivity index (χ3v) is 3.13.